The molecule has 0 fully saturated rings. The summed E-state index contributed by atoms with van der Waals surface area (Å²) in [4.78, 5) is 24.2. The summed E-state index contributed by atoms with van der Waals surface area (Å²) < 4.78 is 57.4. The molecule has 0 aliphatic heterocycles. The van der Waals surface area contributed by atoms with Crippen molar-refractivity contribution < 1.29 is 31.9 Å². The first kappa shape index (κ1) is 27.9. The third-order valence-corrected chi connectivity index (χ3v) is 5.23. The van der Waals surface area contributed by atoms with Gasteiger partial charge in [0.15, 0.2) is 0 Å². The molecule has 0 saturated heterocycles. The number of carbonyl (C=O) groups excluding carboxylic acids is 2. The molecule has 0 aliphatic carbocycles. The smallest absolute Gasteiger partial charge is 0.417 e. The third-order valence-electron chi connectivity index (χ3n) is 5.23. The van der Waals surface area contributed by atoms with Gasteiger partial charge in [-0.3, -0.25) is 4.79 Å². The molecule has 0 saturated carbocycles. The van der Waals surface area contributed by atoms with Gasteiger partial charge in [0, 0.05) is 0 Å². The zero-order valence-electron chi connectivity index (χ0n) is 19.0. The molecule has 0 heterocycles. The number of esters is 1. The molecule has 1 N–H and O–H groups in total. The molecule has 8 heteroatoms. The van der Waals surface area contributed by atoms with Gasteiger partial charge in [0.25, 0.3) is 5.91 Å². The molecule has 1 aromatic rings. The quantitative estimate of drug-likeness (QED) is 0.177. The first-order valence-corrected chi connectivity index (χ1v) is 11.5. The van der Waals surface area contributed by atoms with Crippen LogP contribution < -0.4 is 5.32 Å². The molecule has 1 unspecified atom stereocenters. The minimum absolute atomic E-state index is 0.195. The van der Waals surface area contributed by atoms with Crippen LogP contribution in [0.1, 0.15) is 100 Å². The van der Waals surface area contributed by atoms with Gasteiger partial charge < -0.3 is 10.1 Å². The number of ether oxygens (including phenoxy) is 1. The second-order valence-electron chi connectivity index (χ2n) is 8.09. The summed E-state index contributed by atoms with van der Waals surface area (Å²) in [6.45, 7) is 3.73. The van der Waals surface area contributed by atoms with Gasteiger partial charge in [-0.25, -0.2) is 9.18 Å². The van der Waals surface area contributed by atoms with E-state index >= 15 is 0 Å². The summed E-state index contributed by atoms with van der Waals surface area (Å²) in [6.07, 6.45) is 7.84. The van der Waals surface area contributed by atoms with Gasteiger partial charge in [0.2, 0.25) is 0 Å². The molecule has 0 spiro atoms. The van der Waals surface area contributed by atoms with E-state index in [1.165, 1.54) is 51.9 Å². The Morgan fingerprint density at radius 3 is 2.00 bits per heavy atom. The van der Waals surface area contributed by atoms with Gasteiger partial charge in [0.1, 0.15) is 11.9 Å². The van der Waals surface area contributed by atoms with E-state index in [0.717, 1.165) is 31.4 Å². The van der Waals surface area contributed by atoms with Crippen molar-refractivity contribution in [1.82, 2.24) is 5.32 Å². The maximum absolute atomic E-state index is 13.2. The summed E-state index contributed by atoms with van der Waals surface area (Å²) in [5, 5.41) is 2.19. The normalized spacial score (nSPS) is 12.4. The van der Waals surface area contributed by atoms with E-state index in [9.17, 15) is 27.2 Å². The molecule has 1 rings (SSSR count). The molecule has 1 amide bonds. The average molecular weight is 462 g/mol. The fourth-order valence-electron chi connectivity index (χ4n) is 3.35. The lowest BCUT2D eigenvalue weighted by atomic mass is 10.1. The number of nitrogens with one attached hydrogen (secondary N) is 1. The Kier molecular flexibility index (Phi) is 13.0. The molecule has 4 nitrogen and oxygen atoms in total. The van der Waals surface area contributed by atoms with E-state index in [-0.39, 0.29) is 12.7 Å². The summed E-state index contributed by atoms with van der Waals surface area (Å²) in [5.74, 6) is -2.94. The predicted molar refractivity (Wildman–Crippen MR) is 116 cm³/mol. The van der Waals surface area contributed by atoms with E-state index in [2.05, 4.69) is 12.2 Å². The van der Waals surface area contributed by atoms with Gasteiger partial charge in [-0.15, -0.1) is 0 Å². The third kappa shape index (κ3) is 11.0. The van der Waals surface area contributed by atoms with Crippen molar-refractivity contribution >= 4 is 11.9 Å². The van der Waals surface area contributed by atoms with Crippen molar-refractivity contribution in [2.75, 3.05) is 6.61 Å². The van der Waals surface area contributed by atoms with Crippen molar-refractivity contribution in [3.8, 4) is 0 Å². The topological polar surface area (TPSA) is 55.4 Å². The fourth-order valence-corrected chi connectivity index (χ4v) is 3.35. The lowest BCUT2D eigenvalue weighted by molar-refractivity contribution is -0.145. The second kappa shape index (κ2) is 14.9. The van der Waals surface area contributed by atoms with E-state index in [1.807, 2.05) is 0 Å². The molecule has 0 bridgehead atoms. The molecule has 0 radical (unpaired) electrons. The molecule has 182 valence electrons. The number of halogens is 4. The predicted octanol–water partition coefficient (Wildman–Crippen LogP) is 6.82. The summed E-state index contributed by atoms with van der Waals surface area (Å²) in [7, 11) is 0. The van der Waals surface area contributed by atoms with Crippen LogP contribution in [-0.4, -0.2) is 24.5 Å². The Bertz CT molecular complexity index is 707. The van der Waals surface area contributed by atoms with E-state index in [1.54, 1.807) is 0 Å². The molecule has 0 aliphatic rings. The Hall–Kier alpha value is -2.12. The fraction of sp³-hybridized carbons (Fsp3) is 0.667. The molecule has 1 aromatic carbocycles. The average Bonchev–Trinajstić information content (AvgIpc) is 2.73. The highest BCUT2D eigenvalue weighted by atomic mass is 19.4. The van der Waals surface area contributed by atoms with Crippen LogP contribution >= 0.6 is 0 Å². The van der Waals surface area contributed by atoms with E-state index in [0.29, 0.717) is 6.42 Å². The van der Waals surface area contributed by atoms with Gasteiger partial charge in [-0.1, -0.05) is 71.1 Å². The summed E-state index contributed by atoms with van der Waals surface area (Å²) in [6, 6.07) is 0.641. The number of rotatable bonds is 15. The van der Waals surface area contributed by atoms with Crippen LogP contribution in [0.3, 0.4) is 0 Å². The Morgan fingerprint density at radius 2 is 1.47 bits per heavy atom. The SMILES string of the molecule is CCCCCCCCCCCCCOC(=O)C(C)NC(=O)c1ccc(F)cc1C(F)(F)F. The van der Waals surface area contributed by atoms with Gasteiger partial charge in [-0.2, -0.15) is 13.2 Å². The highest BCUT2D eigenvalue weighted by Crippen LogP contribution is 2.32. The molecule has 0 aromatic heterocycles. The maximum atomic E-state index is 13.2. The number of unbranched alkanes of at least 4 members (excludes halogenated alkanes) is 10. The maximum Gasteiger partial charge on any atom is 0.417 e. The van der Waals surface area contributed by atoms with Crippen molar-refractivity contribution in [2.45, 2.75) is 96.7 Å². The number of hydrogen-bond acceptors (Lipinski definition) is 3. The number of hydrogen-bond donors (Lipinski definition) is 1. The number of benzene rings is 1. The summed E-state index contributed by atoms with van der Waals surface area (Å²) >= 11 is 0. The summed E-state index contributed by atoms with van der Waals surface area (Å²) in [5.41, 5.74) is -2.14. The second-order valence-corrected chi connectivity index (χ2v) is 8.09. The minimum Gasteiger partial charge on any atom is -0.464 e. The minimum atomic E-state index is -4.90. The van der Waals surface area contributed by atoms with Crippen LogP contribution in [0.15, 0.2) is 18.2 Å². The Labute approximate surface area is 188 Å². The highest BCUT2D eigenvalue weighted by molar-refractivity contribution is 5.98. The van der Waals surface area contributed by atoms with Crippen LogP contribution in [0.2, 0.25) is 0 Å². The van der Waals surface area contributed by atoms with Crippen LogP contribution in [0.4, 0.5) is 17.6 Å². The molecule has 1 atom stereocenters. The lowest BCUT2D eigenvalue weighted by Gasteiger charge is -2.16. The standard InChI is InChI=1S/C24H35F4NO3/c1-3-4-5-6-7-8-9-10-11-12-13-16-32-23(31)18(2)29-22(30)20-15-14-19(25)17-21(20)24(26,27)28/h14-15,17-18H,3-13,16H2,1-2H3,(H,29,30). The molecular formula is C24H35F4NO3. The Morgan fingerprint density at radius 1 is 0.938 bits per heavy atom. The number of carbonyl (C=O) groups is 2. The van der Waals surface area contributed by atoms with Crippen LogP contribution in [0, 0.1) is 5.82 Å². The zero-order chi connectivity index (χ0) is 24.0. The van der Waals surface area contributed by atoms with Crippen molar-refractivity contribution in [2.24, 2.45) is 0 Å². The van der Waals surface area contributed by atoms with E-state index in [4.69, 9.17) is 4.74 Å². The van der Waals surface area contributed by atoms with E-state index < -0.39 is 41.0 Å². The monoisotopic (exact) mass is 461 g/mol. The van der Waals surface area contributed by atoms with Gasteiger partial charge in [-0.05, 0) is 31.5 Å². The lowest BCUT2D eigenvalue weighted by Crippen LogP contribution is -2.40. The first-order valence-electron chi connectivity index (χ1n) is 11.5. The van der Waals surface area contributed by atoms with Crippen molar-refractivity contribution in [3.63, 3.8) is 0 Å². The number of alkyl halides is 3. The van der Waals surface area contributed by atoms with Crippen LogP contribution in [0.5, 0.6) is 0 Å². The Balaban J connectivity index is 2.26. The first-order chi connectivity index (χ1) is 15.2. The van der Waals surface area contributed by atoms with Gasteiger partial charge in [0.05, 0.1) is 17.7 Å². The largest absolute Gasteiger partial charge is 0.464 e. The van der Waals surface area contributed by atoms with Gasteiger partial charge >= 0.3 is 12.1 Å². The number of amides is 1. The van der Waals surface area contributed by atoms with Crippen molar-refractivity contribution in [1.29, 1.82) is 0 Å². The van der Waals surface area contributed by atoms with Crippen LogP contribution in [0.25, 0.3) is 0 Å². The molecular weight excluding hydrogens is 426 g/mol. The highest BCUT2D eigenvalue weighted by Gasteiger charge is 2.36. The zero-order valence-corrected chi connectivity index (χ0v) is 19.0. The van der Waals surface area contributed by atoms with Crippen molar-refractivity contribution in [3.05, 3.63) is 35.1 Å². The molecule has 32 heavy (non-hydrogen) atoms. The van der Waals surface area contributed by atoms with Crippen LogP contribution in [-0.2, 0) is 15.7 Å².